The molecule has 0 aliphatic heterocycles. The zero-order valence-corrected chi connectivity index (χ0v) is 16.8. The summed E-state index contributed by atoms with van der Waals surface area (Å²) in [6, 6.07) is 9.42. The summed E-state index contributed by atoms with van der Waals surface area (Å²) in [5, 5.41) is 8.97. The highest BCUT2D eigenvalue weighted by atomic mass is 16.5. The first-order valence-corrected chi connectivity index (χ1v) is 9.39. The molecule has 0 aliphatic carbocycles. The normalized spacial score (nSPS) is 11.3. The number of carbonyl (C=O) groups is 1. The fourth-order valence-electron chi connectivity index (χ4n) is 3.10. The number of pyridine rings is 1. The first-order valence-electron chi connectivity index (χ1n) is 9.39. The average Bonchev–Trinajstić information content (AvgIpc) is 3.35. The van der Waals surface area contributed by atoms with Gasteiger partial charge in [-0.05, 0) is 12.1 Å². The van der Waals surface area contributed by atoms with E-state index in [0.29, 0.717) is 23.0 Å². The summed E-state index contributed by atoms with van der Waals surface area (Å²) in [4.78, 5) is 23.9. The van der Waals surface area contributed by atoms with Crippen LogP contribution in [-0.4, -0.2) is 42.8 Å². The maximum Gasteiger partial charge on any atom is 0.254 e. The van der Waals surface area contributed by atoms with Gasteiger partial charge in [-0.2, -0.15) is 10.1 Å². The van der Waals surface area contributed by atoms with Crippen molar-refractivity contribution in [3.8, 4) is 11.3 Å². The van der Waals surface area contributed by atoms with Crippen molar-refractivity contribution in [1.82, 2.24) is 29.8 Å². The van der Waals surface area contributed by atoms with Crippen molar-refractivity contribution >= 4 is 16.8 Å². The molecule has 0 unspecified atom stereocenters. The summed E-state index contributed by atoms with van der Waals surface area (Å²) in [5.41, 5.74) is 2.88. The largest absolute Gasteiger partial charge is 0.337 e. The molecule has 0 N–H and O–H groups in total. The van der Waals surface area contributed by atoms with E-state index in [4.69, 9.17) is 9.51 Å². The van der Waals surface area contributed by atoms with Gasteiger partial charge in [-0.25, -0.2) is 4.98 Å². The predicted octanol–water partition coefficient (Wildman–Crippen LogP) is 3.41. The molecule has 3 aromatic heterocycles. The van der Waals surface area contributed by atoms with Crippen molar-refractivity contribution < 1.29 is 9.32 Å². The highest BCUT2D eigenvalue weighted by molar-refractivity contribution is 6.07. The van der Waals surface area contributed by atoms with Gasteiger partial charge in [0.1, 0.15) is 0 Å². The van der Waals surface area contributed by atoms with Crippen LogP contribution in [0, 0.1) is 0 Å². The van der Waals surface area contributed by atoms with E-state index in [1.807, 2.05) is 57.4 Å². The van der Waals surface area contributed by atoms with Crippen LogP contribution in [0.15, 0.2) is 47.2 Å². The molecule has 0 atom stereocenters. The Morgan fingerprint density at radius 1 is 1.24 bits per heavy atom. The summed E-state index contributed by atoms with van der Waals surface area (Å²) < 4.78 is 7.00. The van der Waals surface area contributed by atoms with Crippen molar-refractivity contribution in [3.05, 3.63) is 60.0 Å². The first-order chi connectivity index (χ1) is 13.9. The molecule has 8 nitrogen and oxygen atoms in total. The van der Waals surface area contributed by atoms with Gasteiger partial charge in [-0.15, -0.1) is 0 Å². The fourth-order valence-corrected chi connectivity index (χ4v) is 3.10. The molecule has 0 saturated carbocycles. The summed E-state index contributed by atoms with van der Waals surface area (Å²) in [7, 11) is 3.57. The molecule has 4 aromatic rings. The standard InChI is InChI=1S/C21H22N6O2/c1-13(2)20-24-19(29-25-20)12-26(3)21(28)16-9-18(14-10-22-27(4)11-14)23-17-8-6-5-7-15(16)17/h5-11,13H,12H2,1-4H3. The van der Waals surface area contributed by atoms with Gasteiger partial charge in [-0.3, -0.25) is 9.48 Å². The molecular weight excluding hydrogens is 368 g/mol. The molecule has 4 rings (SSSR count). The molecule has 3 heterocycles. The lowest BCUT2D eigenvalue weighted by molar-refractivity contribution is 0.0771. The Bertz CT molecular complexity index is 1180. The Balaban J connectivity index is 1.70. The van der Waals surface area contributed by atoms with Crippen molar-refractivity contribution in [3.63, 3.8) is 0 Å². The van der Waals surface area contributed by atoms with E-state index >= 15 is 0 Å². The average molecular weight is 390 g/mol. The van der Waals surface area contributed by atoms with Crippen molar-refractivity contribution in [1.29, 1.82) is 0 Å². The van der Waals surface area contributed by atoms with E-state index < -0.39 is 0 Å². The minimum Gasteiger partial charge on any atom is -0.337 e. The summed E-state index contributed by atoms with van der Waals surface area (Å²) in [5.74, 6) is 1.07. The van der Waals surface area contributed by atoms with E-state index in [1.54, 1.807) is 22.8 Å². The Morgan fingerprint density at radius 2 is 2.03 bits per heavy atom. The zero-order chi connectivity index (χ0) is 20.5. The van der Waals surface area contributed by atoms with Gasteiger partial charge in [0.25, 0.3) is 5.91 Å². The van der Waals surface area contributed by atoms with Crippen LogP contribution < -0.4 is 0 Å². The van der Waals surface area contributed by atoms with Crippen LogP contribution in [0.1, 0.15) is 41.8 Å². The maximum atomic E-state index is 13.3. The van der Waals surface area contributed by atoms with Crippen LogP contribution in [0.3, 0.4) is 0 Å². The Hall–Kier alpha value is -3.55. The minimum absolute atomic E-state index is 0.141. The SMILES string of the molecule is CC(C)c1noc(CN(C)C(=O)c2cc(-c3cnn(C)c3)nc3ccccc23)n1. The van der Waals surface area contributed by atoms with Crippen LogP contribution in [-0.2, 0) is 13.6 Å². The van der Waals surface area contributed by atoms with Crippen molar-refractivity contribution in [2.75, 3.05) is 7.05 Å². The topological polar surface area (TPSA) is 89.9 Å². The Morgan fingerprint density at radius 3 is 2.72 bits per heavy atom. The number of nitrogens with zero attached hydrogens (tertiary/aromatic N) is 6. The quantitative estimate of drug-likeness (QED) is 0.519. The number of rotatable bonds is 5. The molecule has 0 saturated heterocycles. The second-order valence-electron chi connectivity index (χ2n) is 7.34. The van der Waals surface area contributed by atoms with E-state index in [0.717, 1.165) is 16.5 Å². The molecule has 0 aliphatic rings. The predicted molar refractivity (Wildman–Crippen MR) is 108 cm³/mol. The lowest BCUT2D eigenvalue weighted by atomic mass is 10.0. The Labute approximate surface area is 168 Å². The molecule has 29 heavy (non-hydrogen) atoms. The third-order valence-corrected chi connectivity index (χ3v) is 4.67. The van der Waals surface area contributed by atoms with Crippen molar-refractivity contribution in [2.24, 2.45) is 7.05 Å². The fraction of sp³-hybridized carbons (Fsp3) is 0.286. The number of fused-ring (bicyclic) bond motifs is 1. The molecule has 0 bridgehead atoms. The highest BCUT2D eigenvalue weighted by Gasteiger charge is 2.20. The second kappa shape index (κ2) is 7.46. The van der Waals surface area contributed by atoms with Crippen LogP contribution in [0.25, 0.3) is 22.2 Å². The molecule has 0 radical (unpaired) electrons. The third kappa shape index (κ3) is 3.73. The number of benzene rings is 1. The summed E-state index contributed by atoms with van der Waals surface area (Å²) in [6.07, 6.45) is 3.61. The van der Waals surface area contributed by atoms with Gasteiger partial charge >= 0.3 is 0 Å². The number of hydrogen-bond acceptors (Lipinski definition) is 6. The smallest absolute Gasteiger partial charge is 0.254 e. The number of amides is 1. The van der Waals surface area contributed by atoms with Gasteiger partial charge < -0.3 is 9.42 Å². The number of carbonyl (C=O) groups excluding carboxylic acids is 1. The number of hydrogen-bond donors (Lipinski definition) is 0. The van der Waals surface area contributed by atoms with Crippen LogP contribution in [0.4, 0.5) is 0 Å². The van der Waals surface area contributed by atoms with Crippen LogP contribution >= 0.6 is 0 Å². The lowest BCUT2D eigenvalue weighted by Gasteiger charge is -2.17. The summed E-state index contributed by atoms with van der Waals surface area (Å²) >= 11 is 0. The number of aromatic nitrogens is 5. The van der Waals surface area contributed by atoms with E-state index in [9.17, 15) is 4.79 Å². The lowest BCUT2D eigenvalue weighted by Crippen LogP contribution is -2.26. The third-order valence-electron chi connectivity index (χ3n) is 4.67. The molecular formula is C21H22N6O2. The van der Waals surface area contributed by atoms with Crippen LogP contribution in [0.2, 0.25) is 0 Å². The number of para-hydroxylation sites is 1. The molecule has 1 aromatic carbocycles. The van der Waals surface area contributed by atoms with E-state index in [1.165, 1.54) is 0 Å². The summed E-state index contributed by atoms with van der Waals surface area (Å²) in [6.45, 7) is 4.22. The maximum absolute atomic E-state index is 13.3. The first kappa shape index (κ1) is 18.8. The molecule has 148 valence electrons. The highest BCUT2D eigenvalue weighted by Crippen LogP contribution is 2.25. The Kier molecular flexibility index (Phi) is 4.84. The molecule has 8 heteroatoms. The van der Waals surface area contributed by atoms with Gasteiger partial charge in [0.05, 0.1) is 29.5 Å². The zero-order valence-electron chi connectivity index (χ0n) is 16.8. The van der Waals surface area contributed by atoms with Gasteiger partial charge in [-0.1, -0.05) is 37.2 Å². The monoisotopic (exact) mass is 390 g/mol. The molecule has 0 fully saturated rings. The van der Waals surface area contributed by atoms with Gasteiger partial charge in [0.15, 0.2) is 5.82 Å². The minimum atomic E-state index is -0.141. The second-order valence-corrected chi connectivity index (χ2v) is 7.34. The van der Waals surface area contributed by atoms with Gasteiger partial charge in [0, 0.05) is 37.2 Å². The van der Waals surface area contributed by atoms with E-state index in [2.05, 4.69) is 15.2 Å². The molecule has 1 amide bonds. The number of aryl methyl sites for hydroxylation is 1. The van der Waals surface area contributed by atoms with E-state index in [-0.39, 0.29) is 18.4 Å². The van der Waals surface area contributed by atoms with Gasteiger partial charge in [0.2, 0.25) is 5.89 Å². The van der Waals surface area contributed by atoms with Crippen molar-refractivity contribution in [2.45, 2.75) is 26.3 Å². The van der Waals surface area contributed by atoms with Crippen LogP contribution in [0.5, 0.6) is 0 Å². The molecule has 0 spiro atoms.